The third kappa shape index (κ3) is 2.68. The van der Waals surface area contributed by atoms with Gasteiger partial charge in [-0.1, -0.05) is 11.6 Å². The van der Waals surface area contributed by atoms with Crippen molar-refractivity contribution < 1.29 is 13.3 Å². The summed E-state index contributed by atoms with van der Waals surface area (Å²) in [6.07, 6.45) is 1.12. The second kappa shape index (κ2) is 4.27. The zero-order valence-electron chi connectivity index (χ0n) is 7.53. The quantitative estimate of drug-likeness (QED) is 0.798. The molecule has 0 radical (unpaired) electrons. The summed E-state index contributed by atoms with van der Waals surface area (Å²) in [5, 5.41) is 0.449. The van der Waals surface area contributed by atoms with E-state index in [2.05, 4.69) is 4.84 Å². The Labute approximate surface area is 87.5 Å². The minimum Gasteiger partial charge on any atom is -0.300 e. The maximum absolute atomic E-state index is 11.3. The molecule has 78 valence electrons. The fourth-order valence-electron chi connectivity index (χ4n) is 1.11. The van der Waals surface area contributed by atoms with E-state index in [-0.39, 0.29) is 11.5 Å². The third-order valence-corrected chi connectivity index (χ3v) is 3.09. The molecule has 4 nitrogen and oxygen atoms in total. The summed E-state index contributed by atoms with van der Waals surface area (Å²) >= 11 is 5.71. The lowest BCUT2D eigenvalue weighted by atomic mass is 10.2. The maximum atomic E-state index is 11.3. The summed E-state index contributed by atoms with van der Waals surface area (Å²) in [5.41, 5.74) is 0.461. The number of halogens is 1. The molecule has 0 aromatic heterocycles. The van der Waals surface area contributed by atoms with Gasteiger partial charge in [0.2, 0.25) is 0 Å². The van der Waals surface area contributed by atoms with Gasteiger partial charge in [0.1, 0.15) is 0 Å². The molecule has 0 aliphatic carbocycles. The smallest absolute Gasteiger partial charge is 0.175 e. The molecule has 0 saturated carbocycles. The highest BCUT2D eigenvalue weighted by Crippen LogP contribution is 2.20. The predicted molar refractivity (Wildman–Crippen MR) is 53.5 cm³/mol. The fraction of sp³-hybridized carbons (Fsp3) is 0.250. The zero-order valence-corrected chi connectivity index (χ0v) is 9.10. The van der Waals surface area contributed by atoms with Crippen LogP contribution in [0.25, 0.3) is 0 Å². The van der Waals surface area contributed by atoms with Crippen LogP contribution in [0.15, 0.2) is 23.1 Å². The summed E-state index contributed by atoms with van der Waals surface area (Å²) in [4.78, 5) is 4.58. The van der Waals surface area contributed by atoms with Gasteiger partial charge in [0, 0.05) is 11.3 Å². The van der Waals surface area contributed by atoms with Gasteiger partial charge in [0.05, 0.1) is 11.5 Å². The van der Waals surface area contributed by atoms with Crippen molar-refractivity contribution in [3.05, 3.63) is 28.8 Å². The van der Waals surface area contributed by atoms with E-state index in [0.717, 1.165) is 6.26 Å². The molecule has 0 atom stereocenters. The monoisotopic (exact) mass is 235 g/mol. The van der Waals surface area contributed by atoms with Crippen molar-refractivity contribution in [2.24, 2.45) is 5.90 Å². The molecule has 0 bridgehead atoms. The van der Waals surface area contributed by atoms with Crippen molar-refractivity contribution >= 4 is 21.4 Å². The lowest BCUT2D eigenvalue weighted by molar-refractivity contribution is 0.122. The maximum Gasteiger partial charge on any atom is 0.175 e. The van der Waals surface area contributed by atoms with Crippen LogP contribution in [0.2, 0.25) is 5.02 Å². The normalized spacial score (nSPS) is 11.6. The SMILES string of the molecule is CS(=O)(=O)c1ccc(Cl)cc1CON. The van der Waals surface area contributed by atoms with Gasteiger partial charge in [-0.25, -0.2) is 14.3 Å². The molecule has 0 aliphatic rings. The number of sulfone groups is 1. The Hall–Kier alpha value is -0.620. The lowest BCUT2D eigenvalue weighted by Crippen LogP contribution is -2.06. The fourth-order valence-corrected chi connectivity index (χ4v) is 2.22. The number of benzene rings is 1. The van der Waals surface area contributed by atoms with E-state index < -0.39 is 9.84 Å². The predicted octanol–water partition coefficient (Wildman–Crippen LogP) is 1.13. The van der Waals surface area contributed by atoms with Crippen molar-refractivity contribution in [2.75, 3.05) is 6.26 Å². The molecular weight excluding hydrogens is 226 g/mol. The van der Waals surface area contributed by atoms with Crippen molar-refractivity contribution in [1.29, 1.82) is 0 Å². The van der Waals surface area contributed by atoms with E-state index in [9.17, 15) is 8.42 Å². The van der Waals surface area contributed by atoms with E-state index in [1.165, 1.54) is 18.2 Å². The number of nitrogens with two attached hydrogens (primary N) is 1. The van der Waals surface area contributed by atoms with Gasteiger partial charge in [-0.15, -0.1) is 0 Å². The molecule has 1 aromatic rings. The van der Waals surface area contributed by atoms with E-state index in [4.69, 9.17) is 17.5 Å². The molecule has 0 spiro atoms. The topological polar surface area (TPSA) is 69.4 Å². The zero-order chi connectivity index (χ0) is 10.8. The van der Waals surface area contributed by atoms with Gasteiger partial charge in [0.25, 0.3) is 0 Å². The first kappa shape index (κ1) is 11.5. The number of hydrogen-bond acceptors (Lipinski definition) is 4. The molecule has 1 aromatic carbocycles. The largest absolute Gasteiger partial charge is 0.300 e. The highest BCUT2D eigenvalue weighted by atomic mass is 35.5. The van der Waals surface area contributed by atoms with Crippen LogP contribution in [-0.2, 0) is 21.3 Å². The Morgan fingerprint density at radius 1 is 1.50 bits per heavy atom. The molecule has 0 amide bonds. The van der Waals surface area contributed by atoms with Crippen molar-refractivity contribution in [1.82, 2.24) is 0 Å². The van der Waals surface area contributed by atoms with Crippen LogP contribution in [-0.4, -0.2) is 14.7 Å². The first-order valence-electron chi connectivity index (χ1n) is 3.75. The Kier molecular flexibility index (Phi) is 3.49. The highest BCUT2D eigenvalue weighted by molar-refractivity contribution is 7.90. The molecule has 0 heterocycles. The average Bonchev–Trinajstić information content (AvgIpc) is 2.02. The Balaban J connectivity index is 3.29. The van der Waals surface area contributed by atoms with Gasteiger partial charge >= 0.3 is 0 Å². The summed E-state index contributed by atoms with van der Waals surface area (Å²) in [6, 6.07) is 4.47. The second-order valence-corrected chi connectivity index (χ2v) is 5.26. The first-order chi connectivity index (χ1) is 6.45. The van der Waals surface area contributed by atoms with Crippen LogP contribution in [0.4, 0.5) is 0 Å². The summed E-state index contributed by atoms with van der Waals surface area (Å²) < 4.78 is 22.6. The first-order valence-corrected chi connectivity index (χ1v) is 6.02. The molecule has 0 saturated heterocycles. The molecule has 14 heavy (non-hydrogen) atoms. The summed E-state index contributed by atoms with van der Waals surface area (Å²) in [5.74, 6) is 4.88. The van der Waals surface area contributed by atoms with Gasteiger partial charge < -0.3 is 0 Å². The second-order valence-electron chi connectivity index (χ2n) is 2.84. The average molecular weight is 236 g/mol. The van der Waals surface area contributed by atoms with Crippen LogP contribution >= 0.6 is 11.6 Å². The van der Waals surface area contributed by atoms with E-state index in [1.54, 1.807) is 0 Å². The molecular formula is C8H10ClNO3S. The standard InChI is InChI=1S/C8H10ClNO3S/c1-14(11,12)8-3-2-7(9)4-6(8)5-13-10/h2-4H,5,10H2,1H3. The van der Waals surface area contributed by atoms with Gasteiger partial charge in [0.15, 0.2) is 9.84 Å². The van der Waals surface area contributed by atoms with Gasteiger partial charge in [-0.05, 0) is 23.8 Å². The van der Waals surface area contributed by atoms with Crippen LogP contribution < -0.4 is 5.90 Å². The van der Waals surface area contributed by atoms with E-state index in [0.29, 0.717) is 10.6 Å². The molecule has 0 unspecified atom stereocenters. The highest BCUT2D eigenvalue weighted by Gasteiger charge is 2.13. The van der Waals surface area contributed by atoms with Crippen LogP contribution in [0.5, 0.6) is 0 Å². The third-order valence-electron chi connectivity index (χ3n) is 1.66. The van der Waals surface area contributed by atoms with Crippen molar-refractivity contribution in [2.45, 2.75) is 11.5 Å². The number of hydrogen-bond donors (Lipinski definition) is 1. The van der Waals surface area contributed by atoms with Crippen LogP contribution in [0, 0.1) is 0 Å². The van der Waals surface area contributed by atoms with Crippen molar-refractivity contribution in [3.63, 3.8) is 0 Å². The van der Waals surface area contributed by atoms with E-state index >= 15 is 0 Å². The van der Waals surface area contributed by atoms with Crippen LogP contribution in [0.1, 0.15) is 5.56 Å². The Morgan fingerprint density at radius 3 is 2.64 bits per heavy atom. The lowest BCUT2D eigenvalue weighted by Gasteiger charge is -2.06. The van der Waals surface area contributed by atoms with Crippen molar-refractivity contribution in [3.8, 4) is 0 Å². The molecule has 6 heteroatoms. The molecule has 0 aliphatic heterocycles. The van der Waals surface area contributed by atoms with E-state index in [1.807, 2.05) is 0 Å². The summed E-state index contributed by atoms with van der Waals surface area (Å²) in [6.45, 7) is 0.0168. The number of rotatable bonds is 3. The van der Waals surface area contributed by atoms with Gasteiger partial charge in [-0.3, -0.25) is 4.84 Å². The minimum absolute atomic E-state index is 0.0168. The Morgan fingerprint density at radius 2 is 2.14 bits per heavy atom. The van der Waals surface area contributed by atoms with Gasteiger partial charge in [-0.2, -0.15) is 0 Å². The Bertz CT molecular complexity index is 430. The minimum atomic E-state index is -3.27. The molecule has 1 rings (SSSR count). The van der Waals surface area contributed by atoms with Crippen LogP contribution in [0.3, 0.4) is 0 Å². The summed E-state index contributed by atoms with van der Waals surface area (Å²) in [7, 11) is -3.27. The molecule has 2 N–H and O–H groups in total. The molecule has 0 fully saturated rings.